The molecule has 2 aliphatic rings. The normalized spacial score (nSPS) is 22.8. The van der Waals surface area contributed by atoms with Crippen molar-refractivity contribution in [2.75, 3.05) is 19.6 Å². The zero-order valence-electron chi connectivity index (χ0n) is 12.6. The topological polar surface area (TPSA) is 33.1 Å². The minimum absolute atomic E-state index is 0.400. The molecule has 0 amide bonds. The van der Waals surface area contributed by atoms with Gasteiger partial charge in [0.2, 0.25) is 0 Å². The Labute approximate surface area is 130 Å². The van der Waals surface area contributed by atoms with E-state index in [2.05, 4.69) is 45.2 Å². The van der Waals surface area contributed by atoms with Crippen LogP contribution in [0.4, 0.5) is 0 Å². The lowest BCUT2D eigenvalue weighted by Crippen LogP contribution is -2.58. The highest BCUT2D eigenvalue weighted by Crippen LogP contribution is 2.33. The second-order valence-electron chi connectivity index (χ2n) is 6.31. The van der Waals surface area contributed by atoms with Crippen molar-refractivity contribution >= 4 is 15.9 Å². The van der Waals surface area contributed by atoms with Crippen LogP contribution in [0.15, 0.2) is 4.47 Å². The van der Waals surface area contributed by atoms with E-state index in [4.69, 9.17) is 0 Å². The fourth-order valence-corrected chi connectivity index (χ4v) is 4.51. The monoisotopic (exact) mass is 340 g/mol. The minimum Gasteiger partial charge on any atom is -0.309 e. The summed E-state index contributed by atoms with van der Waals surface area (Å²) in [6.45, 7) is 6.62. The largest absolute Gasteiger partial charge is 0.309 e. The van der Waals surface area contributed by atoms with Crippen LogP contribution in [-0.2, 0) is 20.0 Å². The van der Waals surface area contributed by atoms with Crippen LogP contribution in [0.3, 0.4) is 0 Å². The summed E-state index contributed by atoms with van der Waals surface area (Å²) in [4.78, 5) is 2.60. The minimum atomic E-state index is 0.400. The molecule has 1 saturated heterocycles. The molecule has 2 fully saturated rings. The van der Waals surface area contributed by atoms with Crippen LogP contribution in [0, 0.1) is 0 Å². The first-order chi connectivity index (χ1) is 9.63. The fraction of sp³-hybridized carbons (Fsp3) is 0.800. The maximum atomic E-state index is 4.61. The Morgan fingerprint density at radius 1 is 1.35 bits per heavy atom. The Kier molecular flexibility index (Phi) is 4.20. The molecule has 1 N–H and O–H groups in total. The van der Waals surface area contributed by atoms with Gasteiger partial charge in [0.15, 0.2) is 0 Å². The molecule has 112 valence electrons. The molecule has 1 aromatic heterocycles. The van der Waals surface area contributed by atoms with Gasteiger partial charge >= 0.3 is 0 Å². The SMILES string of the molecule is CCc1nn(C)c(CN2CCNC3(CCCC3)C2)c1Br. The van der Waals surface area contributed by atoms with Crippen LogP contribution in [0.25, 0.3) is 0 Å². The molecule has 5 heteroatoms. The Bertz CT molecular complexity index is 476. The van der Waals surface area contributed by atoms with Gasteiger partial charge in [0, 0.05) is 38.8 Å². The summed E-state index contributed by atoms with van der Waals surface area (Å²) in [7, 11) is 2.06. The number of piperazine rings is 1. The van der Waals surface area contributed by atoms with Crippen molar-refractivity contribution in [1.82, 2.24) is 20.0 Å². The van der Waals surface area contributed by atoms with Crippen molar-refractivity contribution in [3.05, 3.63) is 15.9 Å². The van der Waals surface area contributed by atoms with E-state index in [1.54, 1.807) is 0 Å². The Morgan fingerprint density at radius 2 is 2.10 bits per heavy atom. The molecule has 1 spiro atoms. The number of nitrogens with one attached hydrogen (secondary N) is 1. The molecule has 0 atom stereocenters. The third-order valence-corrected chi connectivity index (χ3v) is 5.81. The van der Waals surface area contributed by atoms with Gasteiger partial charge in [-0.25, -0.2) is 0 Å². The molecular weight excluding hydrogens is 316 g/mol. The number of halogens is 1. The van der Waals surface area contributed by atoms with Crippen LogP contribution in [0.1, 0.15) is 44.0 Å². The van der Waals surface area contributed by atoms with E-state index in [9.17, 15) is 0 Å². The molecule has 0 bridgehead atoms. The predicted molar refractivity (Wildman–Crippen MR) is 84.8 cm³/mol. The van der Waals surface area contributed by atoms with Gasteiger partial charge in [-0.1, -0.05) is 19.8 Å². The lowest BCUT2D eigenvalue weighted by atomic mass is 9.94. The van der Waals surface area contributed by atoms with Crippen LogP contribution < -0.4 is 5.32 Å². The number of nitrogens with zero attached hydrogens (tertiary/aromatic N) is 3. The average Bonchev–Trinajstić information content (AvgIpc) is 2.98. The van der Waals surface area contributed by atoms with Crippen LogP contribution >= 0.6 is 15.9 Å². The predicted octanol–water partition coefficient (Wildman–Crippen LogP) is 2.46. The quantitative estimate of drug-likeness (QED) is 0.917. The van der Waals surface area contributed by atoms with Gasteiger partial charge in [-0.05, 0) is 35.2 Å². The zero-order valence-corrected chi connectivity index (χ0v) is 14.2. The summed E-state index contributed by atoms with van der Waals surface area (Å²) in [5.41, 5.74) is 2.89. The van der Waals surface area contributed by atoms with E-state index in [1.165, 1.54) is 48.1 Å². The van der Waals surface area contributed by atoms with Crippen molar-refractivity contribution in [1.29, 1.82) is 0 Å². The zero-order chi connectivity index (χ0) is 14.2. The maximum Gasteiger partial charge on any atom is 0.0767 e. The van der Waals surface area contributed by atoms with Gasteiger partial charge in [0.05, 0.1) is 15.9 Å². The number of hydrogen-bond donors (Lipinski definition) is 1. The van der Waals surface area contributed by atoms with Gasteiger partial charge in [-0.2, -0.15) is 5.10 Å². The van der Waals surface area contributed by atoms with E-state index >= 15 is 0 Å². The second kappa shape index (κ2) is 5.78. The first kappa shape index (κ1) is 14.5. The molecule has 0 radical (unpaired) electrons. The van der Waals surface area contributed by atoms with Gasteiger partial charge in [-0.3, -0.25) is 9.58 Å². The number of rotatable bonds is 3. The average molecular weight is 341 g/mol. The smallest absolute Gasteiger partial charge is 0.0767 e. The summed E-state index contributed by atoms with van der Waals surface area (Å²) < 4.78 is 3.26. The molecule has 1 aliphatic carbocycles. The standard InChI is InChI=1S/C15H25BrN4/c1-3-12-14(16)13(19(2)18-12)10-20-9-8-17-15(11-20)6-4-5-7-15/h17H,3-11H2,1-2H3. The van der Waals surface area contributed by atoms with Gasteiger partial charge in [-0.15, -0.1) is 0 Å². The van der Waals surface area contributed by atoms with Crippen LogP contribution in [0.5, 0.6) is 0 Å². The lowest BCUT2D eigenvalue weighted by molar-refractivity contribution is 0.126. The van der Waals surface area contributed by atoms with E-state index in [0.717, 1.165) is 26.1 Å². The Balaban J connectivity index is 1.73. The van der Waals surface area contributed by atoms with Crippen molar-refractivity contribution in [3.8, 4) is 0 Å². The van der Waals surface area contributed by atoms with Gasteiger partial charge in [0.25, 0.3) is 0 Å². The summed E-state index contributed by atoms with van der Waals surface area (Å²) in [5.74, 6) is 0. The van der Waals surface area contributed by atoms with Crippen molar-refractivity contribution in [2.45, 2.75) is 51.1 Å². The Morgan fingerprint density at radius 3 is 2.75 bits per heavy atom. The second-order valence-corrected chi connectivity index (χ2v) is 7.10. The third kappa shape index (κ3) is 2.68. The fourth-order valence-electron chi connectivity index (χ4n) is 3.77. The van der Waals surface area contributed by atoms with Gasteiger partial charge in [0.1, 0.15) is 0 Å². The third-order valence-electron chi connectivity index (χ3n) is 4.89. The lowest BCUT2D eigenvalue weighted by Gasteiger charge is -2.41. The molecule has 20 heavy (non-hydrogen) atoms. The van der Waals surface area contributed by atoms with Crippen LogP contribution in [-0.4, -0.2) is 39.9 Å². The molecule has 3 rings (SSSR count). The number of aromatic nitrogens is 2. The van der Waals surface area contributed by atoms with E-state index < -0.39 is 0 Å². The van der Waals surface area contributed by atoms with E-state index in [1.807, 2.05) is 4.68 Å². The first-order valence-corrected chi connectivity index (χ1v) is 8.60. The van der Waals surface area contributed by atoms with E-state index in [0.29, 0.717) is 5.54 Å². The number of hydrogen-bond acceptors (Lipinski definition) is 3. The number of aryl methyl sites for hydroxylation is 2. The summed E-state index contributed by atoms with van der Waals surface area (Å²) >= 11 is 3.74. The molecule has 2 heterocycles. The summed E-state index contributed by atoms with van der Waals surface area (Å²) in [5, 5.41) is 8.39. The molecular formula is C15H25BrN4. The summed E-state index contributed by atoms with van der Waals surface area (Å²) in [6, 6.07) is 0. The highest BCUT2D eigenvalue weighted by atomic mass is 79.9. The first-order valence-electron chi connectivity index (χ1n) is 7.81. The highest BCUT2D eigenvalue weighted by molar-refractivity contribution is 9.10. The van der Waals surface area contributed by atoms with E-state index in [-0.39, 0.29) is 0 Å². The van der Waals surface area contributed by atoms with Crippen LogP contribution in [0.2, 0.25) is 0 Å². The van der Waals surface area contributed by atoms with Crippen molar-refractivity contribution in [2.24, 2.45) is 7.05 Å². The molecule has 1 aromatic rings. The molecule has 0 aromatic carbocycles. The molecule has 1 saturated carbocycles. The molecule has 4 nitrogen and oxygen atoms in total. The molecule has 0 unspecified atom stereocenters. The summed E-state index contributed by atoms with van der Waals surface area (Å²) in [6.07, 6.45) is 6.44. The molecule has 1 aliphatic heterocycles. The van der Waals surface area contributed by atoms with Gasteiger partial charge < -0.3 is 5.32 Å². The Hall–Kier alpha value is -0.390. The highest BCUT2D eigenvalue weighted by Gasteiger charge is 2.37. The maximum absolute atomic E-state index is 4.61. The van der Waals surface area contributed by atoms with Crippen molar-refractivity contribution < 1.29 is 0 Å². The van der Waals surface area contributed by atoms with Crippen molar-refractivity contribution in [3.63, 3.8) is 0 Å².